The van der Waals surface area contributed by atoms with E-state index in [1.54, 1.807) is 13.0 Å². The average molecular weight is 404 g/mol. The third-order valence-corrected chi connectivity index (χ3v) is 5.93. The molecule has 1 aromatic carbocycles. The van der Waals surface area contributed by atoms with Gasteiger partial charge in [-0.3, -0.25) is 4.79 Å². The Morgan fingerprint density at radius 3 is 2.85 bits per heavy atom. The summed E-state index contributed by atoms with van der Waals surface area (Å²) in [6.07, 6.45) is 0.934. The van der Waals surface area contributed by atoms with Crippen molar-refractivity contribution in [2.45, 2.75) is 43.7 Å². The number of anilines is 3. The molecule has 0 spiro atoms. The fourth-order valence-corrected chi connectivity index (χ4v) is 4.38. The summed E-state index contributed by atoms with van der Waals surface area (Å²) in [6.45, 7) is 7.78. The zero-order chi connectivity index (χ0) is 19.4. The van der Waals surface area contributed by atoms with Crippen molar-refractivity contribution in [3.8, 4) is 0 Å². The molecule has 0 fully saturated rings. The molecular formula is C18H21N5O2S2. The monoisotopic (exact) mass is 403 g/mol. The molecule has 1 atom stereocenters. The van der Waals surface area contributed by atoms with Crippen LogP contribution in [-0.4, -0.2) is 26.5 Å². The Morgan fingerprint density at radius 2 is 2.15 bits per heavy atom. The van der Waals surface area contributed by atoms with E-state index in [1.807, 2.05) is 6.92 Å². The molecule has 0 radical (unpaired) electrons. The third kappa shape index (κ3) is 4.86. The molecule has 0 aliphatic rings. The van der Waals surface area contributed by atoms with Gasteiger partial charge in [-0.2, -0.15) is 0 Å². The number of thioether (sulfide) groups is 1. The maximum Gasteiger partial charge on any atom is 0.238 e. The van der Waals surface area contributed by atoms with Crippen LogP contribution in [0.4, 0.5) is 16.6 Å². The van der Waals surface area contributed by atoms with Crippen molar-refractivity contribution in [2.24, 2.45) is 0 Å². The molecular weight excluding hydrogens is 382 g/mol. The molecule has 0 bridgehead atoms. The lowest BCUT2D eigenvalue weighted by Crippen LogP contribution is -2.22. The van der Waals surface area contributed by atoms with E-state index in [1.165, 1.54) is 28.7 Å². The van der Waals surface area contributed by atoms with Crippen LogP contribution in [0, 0.1) is 13.8 Å². The molecule has 1 amide bonds. The second kappa shape index (κ2) is 8.53. The van der Waals surface area contributed by atoms with E-state index in [0.717, 1.165) is 22.0 Å². The predicted molar refractivity (Wildman–Crippen MR) is 109 cm³/mol. The Hall–Kier alpha value is -2.39. The van der Waals surface area contributed by atoms with Crippen molar-refractivity contribution < 1.29 is 9.32 Å². The molecule has 9 heteroatoms. The van der Waals surface area contributed by atoms with Gasteiger partial charge in [-0.1, -0.05) is 53.4 Å². The molecule has 142 valence electrons. The maximum absolute atomic E-state index is 12.3. The summed E-state index contributed by atoms with van der Waals surface area (Å²) in [5, 5.41) is 18.6. The van der Waals surface area contributed by atoms with Crippen molar-refractivity contribution in [3.63, 3.8) is 0 Å². The van der Waals surface area contributed by atoms with E-state index in [-0.39, 0.29) is 11.2 Å². The summed E-state index contributed by atoms with van der Waals surface area (Å²) in [4.78, 5) is 12.3. The number of aromatic nitrogens is 3. The van der Waals surface area contributed by atoms with Gasteiger partial charge < -0.3 is 15.2 Å². The van der Waals surface area contributed by atoms with E-state index in [0.29, 0.717) is 16.7 Å². The number of hydrogen-bond acceptors (Lipinski definition) is 8. The van der Waals surface area contributed by atoms with E-state index in [2.05, 4.69) is 58.0 Å². The highest BCUT2D eigenvalue weighted by molar-refractivity contribution is 8.02. The Labute approximate surface area is 165 Å². The maximum atomic E-state index is 12.3. The summed E-state index contributed by atoms with van der Waals surface area (Å²) in [5.74, 6) is 0.898. The zero-order valence-corrected chi connectivity index (χ0v) is 17.2. The number of rotatable bonds is 7. The first-order chi connectivity index (χ1) is 13.0. The van der Waals surface area contributed by atoms with Crippen LogP contribution in [0.15, 0.2) is 33.1 Å². The van der Waals surface area contributed by atoms with Gasteiger partial charge >= 0.3 is 0 Å². The average Bonchev–Trinajstić information content (AvgIpc) is 3.25. The number of hydrogen-bond donors (Lipinski definition) is 2. The first kappa shape index (κ1) is 19.4. The molecule has 27 heavy (non-hydrogen) atoms. The number of para-hydroxylation sites is 1. The molecule has 7 nitrogen and oxygen atoms in total. The molecule has 3 rings (SSSR count). The summed E-state index contributed by atoms with van der Waals surface area (Å²) in [6, 6.07) is 7.90. The van der Waals surface area contributed by atoms with Crippen molar-refractivity contribution >= 4 is 45.6 Å². The summed E-state index contributed by atoms with van der Waals surface area (Å²) < 4.78 is 5.68. The van der Waals surface area contributed by atoms with E-state index < -0.39 is 0 Å². The normalized spacial score (nSPS) is 12.0. The highest BCUT2D eigenvalue weighted by Gasteiger charge is 2.19. The van der Waals surface area contributed by atoms with Gasteiger partial charge in [0, 0.05) is 11.8 Å². The fraction of sp³-hybridized carbons (Fsp3) is 0.333. The van der Waals surface area contributed by atoms with Crippen molar-refractivity contribution in [3.05, 3.63) is 41.2 Å². The van der Waals surface area contributed by atoms with Gasteiger partial charge in [0.2, 0.25) is 11.0 Å². The molecule has 0 aliphatic heterocycles. The van der Waals surface area contributed by atoms with E-state index in [9.17, 15) is 4.79 Å². The number of benzene rings is 1. The van der Waals surface area contributed by atoms with Crippen LogP contribution in [0.1, 0.15) is 30.7 Å². The smallest absolute Gasteiger partial charge is 0.238 e. The highest BCUT2D eigenvalue weighted by atomic mass is 32.2. The Morgan fingerprint density at radius 1 is 1.33 bits per heavy atom. The van der Waals surface area contributed by atoms with Gasteiger partial charge in [-0.05, 0) is 38.3 Å². The first-order valence-corrected chi connectivity index (χ1v) is 10.3. The van der Waals surface area contributed by atoms with Gasteiger partial charge in [0.05, 0.1) is 5.25 Å². The minimum Gasteiger partial charge on any atom is -0.360 e. The van der Waals surface area contributed by atoms with Crippen LogP contribution in [-0.2, 0) is 11.2 Å². The number of carbonyl (C=O) groups is 1. The highest BCUT2D eigenvalue weighted by Crippen LogP contribution is 2.32. The van der Waals surface area contributed by atoms with Gasteiger partial charge in [0.1, 0.15) is 5.76 Å². The number of nitrogens with zero attached hydrogens (tertiary/aromatic N) is 3. The lowest BCUT2D eigenvalue weighted by molar-refractivity contribution is -0.115. The molecule has 0 saturated heterocycles. The number of carbonyl (C=O) groups excluding carboxylic acids is 1. The Bertz CT molecular complexity index is 937. The quantitative estimate of drug-likeness (QED) is 0.558. The standard InChI is InChI=1S/C18H21N5O2S2/c1-5-13-8-6-7-10(2)15(13)20-17-21-22-18(27-17)26-12(4)16(24)19-14-9-11(3)25-23-14/h6-9,12H,5H2,1-4H3,(H,20,21)(H,19,23,24). The third-order valence-electron chi connectivity index (χ3n) is 3.90. The molecule has 2 heterocycles. The summed E-state index contributed by atoms with van der Waals surface area (Å²) in [5.41, 5.74) is 3.46. The van der Waals surface area contributed by atoms with Crippen molar-refractivity contribution in [1.82, 2.24) is 15.4 Å². The van der Waals surface area contributed by atoms with Gasteiger partial charge in [0.15, 0.2) is 10.2 Å². The van der Waals surface area contributed by atoms with Gasteiger partial charge in [0.25, 0.3) is 0 Å². The number of aryl methyl sites for hydroxylation is 3. The zero-order valence-electron chi connectivity index (χ0n) is 15.6. The first-order valence-electron chi connectivity index (χ1n) is 8.56. The van der Waals surface area contributed by atoms with Crippen LogP contribution in [0.5, 0.6) is 0 Å². The van der Waals surface area contributed by atoms with Crippen LogP contribution in [0.25, 0.3) is 0 Å². The van der Waals surface area contributed by atoms with Crippen molar-refractivity contribution in [1.29, 1.82) is 0 Å². The molecule has 3 aromatic rings. The number of amides is 1. The second-order valence-corrected chi connectivity index (χ2v) is 8.60. The van der Waals surface area contributed by atoms with Crippen LogP contribution in [0.3, 0.4) is 0 Å². The fourth-order valence-electron chi connectivity index (χ4n) is 2.47. The summed E-state index contributed by atoms with van der Waals surface area (Å²) >= 11 is 2.78. The minimum atomic E-state index is -0.340. The topological polar surface area (TPSA) is 92.9 Å². The molecule has 0 aliphatic carbocycles. The SMILES string of the molecule is CCc1cccc(C)c1Nc1nnc(SC(C)C(=O)Nc2cc(C)on2)s1. The van der Waals surface area contributed by atoms with Crippen LogP contribution >= 0.6 is 23.1 Å². The van der Waals surface area contributed by atoms with Crippen molar-refractivity contribution in [2.75, 3.05) is 10.6 Å². The minimum absolute atomic E-state index is 0.162. The lowest BCUT2D eigenvalue weighted by atomic mass is 10.1. The Kier molecular flexibility index (Phi) is 6.12. The second-order valence-electron chi connectivity index (χ2n) is 6.03. The largest absolute Gasteiger partial charge is 0.360 e. The van der Waals surface area contributed by atoms with Gasteiger partial charge in [-0.15, -0.1) is 10.2 Å². The Balaban J connectivity index is 1.63. The molecule has 2 aromatic heterocycles. The van der Waals surface area contributed by atoms with Crippen LogP contribution in [0.2, 0.25) is 0 Å². The molecule has 2 N–H and O–H groups in total. The molecule has 0 saturated carbocycles. The van der Waals surface area contributed by atoms with Gasteiger partial charge in [-0.25, -0.2) is 0 Å². The predicted octanol–water partition coefficient (Wildman–Crippen LogP) is 4.57. The number of nitrogens with one attached hydrogen (secondary N) is 2. The lowest BCUT2D eigenvalue weighted by Gasteiger charge is -2.11. The van der Waals surface area contributed by atoms with E-state index >= 15 is 0 Å². The molecule has 1 unspecified atom stereocenters. The van der Waals surface area contributed by atoms with Crippen LogP contribution < -0.4 is 10.6 Å². The van der Waals surface area contributed by atoms with E-state index in [4.69, 9.17) is 4.52 Å². The summed E-state index contributed by atoms with van der Waals surface area (Å²) in [7, 11) is 0.